The first kappa shape index (κ1) is 13.9. The van der Waals surface area contributed by atoms with Gasteiger partial charge in [-0.25, -0.2) is 4.68 Å². The Morgan fingerprint density at radius 3 is 2.57 bits per heavy atom. The monoisotopic (exact) mass is 319 g/mol. The normalized spacial score (nSPS) is 10.8. The van der Waals surface area contributed by atoms with E-state index in [0.717, 1.165) is 5.56 Å². The van der Waals surface area contributed by atoms with Crippen LogP contribution in [0, 0.1) is 0 Å². The second-order valence-electron chi connectivity index (χ2n) is 4.53. The van der Waals surface area contributed by atoms with Crippen molar-refractivity contribution in [3.05, 3.63) is 58.1 Å². The SMILES string of the molecule is Nc1ccc(Cl)c(-c2nnnn2Cc2ccc(Cl)cc2)c1. The summed E-state index contributed by atoms with van der Waals surface area (Å²) in [4.78, 5) is 0. The Labute approximate surface area is 131 Å². The highest BCUT2D eigenvalue weighted by molar-refractivity contribution is 6.33. The zero-order valence-electron chi connectivity index (χ0n) is 10.9. The summed E-state index contributed by atoms with van der Waals surface area (Å²) >= 11 is 12.1. The average Bonchev–Trinajstić information content (AvgIpc) is 2.92. The predicted molar refractivity (Wildman–Crippen MR) is 83.2 cm³/mol. The van der Waals surface area contributed by atoms with Crippen molar-refractivity contribution >= 4 is 28.9 Å². The Balaban J connectivity index is 1.97. The molecule has 5 nitrogen and oxygen atoms in total. The number of nitrogen functional groups attached to an aromatic ring is 1. The number of rotatable bonds is 3. The van der Waals surface area contributed by atoms with E-state index in [2.05, 4.69) is 15.5 Å². The van der Waals surface area contributed by atoms with Gasteiger partial charge in [0.25, 0.3) is 0 Å². The minimum atomic E-state index is 0.518. The molecule has 21 heavy (non-hydrogen) atoms. The molecule has 2 N–H and O–H groups in total. The maximum atomic E-state index is 6.20. The number of benzene rings is 2. The average molecular weight is 320 g/mol. The van der Waals surface area contributed by atoms with Crippen LogP contribution in [0.4, 0.5) is 5.69 Å². The summed E-state index contributed by atoms with van der Waals surface area (Å²) in [5, 5.41) is 13.0. The molecule has 0 saturated carbocycles. The number of anilines is 1. The molecule has 0 amide bonds. The first-order valence-corrected chi connectivity index (χ1v) is 6.95. The maximum absolute atomic E-state index is 6.20. The Hall–Kier alpha value is -2.11. The molecular formula is C14H11Cl2N5. The quantitative estimate of drug-likeness (QED) is 0.752. The van der Waals surface area contributed by atoms with Crippen molar-refractivity contribution in [2.45, 2.75) is 6.54 Å². The highest BCUT2D eigenvalue weighted by Gasteiger charge is 2.13. The van der Waals surface area contributed by atoms with Crippen molar-refractivity contribution in [1.29, 1.82) is 0 Å². The van der Waals surface area contributed by atoms with Crippen molar-refractivity contribution in [3.8, 4) is 11.4 Å². The molecule has 0 bridgehead atoms. The van der Waals surface area contributed by atoms with E-state index in [1.807, 2.05) is 24.3 Å². The van der Waals surface area contributed by atoms with Crippen LogP contribution in [-0.2, 0) is 6.54 Å². The van der Waals surface area contributed by atoms with Crippen molar-refractivity contribution < 1.29 is 0 Å². The predicted octanol–water partition coefficient (Wildman–Crippen LogP) is 3.28. The molecule has 0 aliphatic heterocycles. The third-order valence-electron chi connectivity index (χ3n) is 3.01. The molecule has 0 fully saturated rings. The fourth-order valence-electron chi connectivity index (χ4n) is 1.98. The molecule has 0 aliphatic rings. The van der Waals surface area contributed by atoms with Crippen LogP contribution in [0.15, 0.2) is 42.5 Å². The topological polar surface area (TPSA) is 69.6 Å². The summed E-state index contributed by atoms with van der Waals surface area (Å²) in [6.07, 6.45) is 0. The molecule has 7 heteroatoms. The van der Waals surface area contributed by atoms with E-state index < -0.39 is 0 Å². The van der Waals surface area contributed by atoms with E-state index in [-0.39, 0.29) is 0 Å². The van der Waals surface area contributed by atoms with Gasteiger partial charge < -0.3 is 5.73 Å². The van der Waals surface area contributed by atoms with Gasteiger partial charge in [-0.2, -0.15) is 0 Å². The molecule has 1 heterocycles. The molecule has 1 aromatic heterocycles. The molecule has 0 radical (unpaired) electrons. The van der Waals surface area contributed by atoms with Crippen LogP contribution in [0.25, 0.3) is 11.4 Å². The van der Waals surface area contributed by atoms with Gasteiger partial charge in [0.15, 0.2) is 5.82 Å². The molecule has 0 unspecified atom stereocenters. The molecular weight excluding hydrogens is 309 g/mol. The van der Waals surface area contributed by atoms with E-state index >= 15 is 0 Å². The van der Waals surface area contributed by atoms with Gasteiger partial charge >= 0.3 is 0 Å². The van der Waals surface area contributed by atoms with Gasteiger partial charge in [0.05, 0.1) is 11.6 Å². The molecule has 2 aromatic carbocycles. The number of hydrogen-bond acceptors (Lipinski definition) is 4. The Bertz CT molecular complexity index is 767. The number of hydrogen-bond donors (Lipinski definition) is 1. The van der Waals surface area contributed by atoms with E-state index in [9.17, 15) is 0 Å². The smallest absolute Gasteiger partial charge is 0.183 e. The Morgan fingerprint density at radius 1 is 1.05 bits per heavy atom. The van der Waals surface area contributed by atoms with Crippen LogP contribution in [0.2, 0.25) is 10.0 Å². The lowest BCUT2D eigenvalue weighted by Crippen LogP contribution is -2.04. The van der Waals surface area contributed by atoms with Gasteiger partial charge in [0, 0.05) is 16.3 Å². The van der Waals surface area contributed by atoms with Crippen LogP contribution in [-0.4, -0.2) is 20.2 Å². The van der Waals surface area contributed by atoms with Gasteiger partial charge in [-0.1, -0.05) is 35.3 Å². The minimum Gasteiger partial charge on any atom is -0.399 e. The van der Waals surface area contributed by atoms with E-state index in [1.54, 1.807) is 22.9 Å². The van der Waals surface area contributed by atoms with E-state index in [4.69, 9.17) is 28.9 Å². The summed E-state index contributed by atoms with van der Waals surface area (Å²) in [5.41, 5.74) is 8.15. The minimum absolute atomic E-state index is 0.518. The number of nitrogens with two attached hydrogens (primary N) is 1. The number of halogens is 2. The number of aromatic nitrogens is 4. The lowest BCUT2D eigenvalue weighted by molar-refractivity contribution is 0.653. The summed E-state index contributed by atoms with van der Waals surface area (Å²) in [5.74, 6) is 0.572. The van der Waals surface area contributed by atoms with Crippen LogP contribution < -0.4 is 5.73 Å². The molecule has 3 rings (SSSR count). The summed E-state index contributed by atoms with van der Waals surface area (Å²) in [7, 11) is 0. The fraction of sp³-hybridized carbons (Fsp3) is 0.0714. The van der Waals surface area contributed by atoms with Gasteiger partial charge in [0.1, 0.15) is 0 Å². The third kappa shape index (κ3) is 2.99. The Morgan fingerprint density at radius 2 is 1.81 bits per heavy atom. The summed E-state index contributed by atoms with van der Waals surface area (Å²) < 4.78 is 1.67. The molecule has 106 valence electrons. The zero-order valence-corrected chi connectivity index (χ0v) is 12.4. The summed E-state index contributed by atoms with van der Waals surface area (Å²) in [6, 6.07) is 12.7. The lowest BCUT2D eigenvalue weighted by Gasteiger charge is -2.07. The summed E-state index contributed by atoms with van der Waals surface area (Å²) in [6.45, 7) is 0.518. The fourth-order valence-corrected chi connectivity index (χ4v) is 2.31. The molecule has 3 aromatic rings. The standard InChI is InChI=1S/C14H11Cl2N5/c15-10-3-1-9(2-4-10)8-21-14(18-19-20-21)12-7-11(17)5-6-13(12)16/h1-7H,8,17H2. The van der Waals surface area contributed by atoms with Crippen molar-refractivity contribution in [1.82, 2.24) is 20.2 Å². The van der Waals surface area contributed by atoms with Gasteiger partial charge in [0.2, 0.25) is 0 Å². The maximum Gasteiger partial charge on any atom is 0.183 e. The number of nitrogens with zero attached hydrogens (tertiary/aromatic N) is 4. The van der Waals surface area contributed by atoms with Crippen LogP contribution in [0.5, 0.6) is 0 Å². The molecule has 0 aliphatic carbocycles. The van der Waals surface area contributed by atoms with Crippen LogP contribution >= 0.6 is 23.2 Å². The van der Waals surface area contributed by atoms with Crippen molar-refractivity contribution in [2.24, 2.45) is 0 Å². The van der Waals surface area contributed by atoms with Gasteiger partial charge in [-0.15, -0.1) is 5.10 Å². The second kappa shape index (κ2) is 5.71. The van der Waals surface area contributed by atoms with Crippen molar-refractivity contribution in [2.75, 3.05) is 5.73 Å². The van der Waals surface area contributed by atoms with E-state index in [0.29, 0.717) is 33.7 Å². The zero-order chi connectivity index (χ0) is 14.8. The largest absolute Gasteiger partial charge is 0.399 e. The number of tetrazole rings is 1. The third-order valence-corrected chi connectivity index (χ3v) is 3.59. The van der Waals surface area contributed by atoms with Gasteiger partial charge in [-0.3, -0.25) is 0 Å². The first-order chi connectivity index (χ1) is 10.1. The first-order valence-electron chi connectivity index (χ1n) is 6.19. The molecule has 0 atom stereocenters. The highest BCUT2D eigenvalue weighted by Crippen LogP contribution is 2.28. The highest BCUT2D eigenvalue weighted by atomic mass is 35.5. The van der Waals surface area contributed by atoms with Crippen LogP contribution in [0.1, 0.15) is 5.56 Å². The molecule has 0 spiro atoms. The van der Waals surface area contributed by atoms with Crippen LogP contribution in [0.3, 0.4) is 0 Å². The molecule has 0 saturated heterocycles. The van der Waals surface area contributed by atoms with Gasteiger partial charge in [-0.05, 0) is 46.3 Å². The Kier molecular flexibility index (Phi) is 3.77. The van der Waals surface area contributed by atoms with Crippen molar-refractivity contribution in [3.63, 3.8) is 0 Å². The second-order valence-corrected chi connectivity index (χ2v) is 5.37. The lowest BCUT2D eigenvalue weighted by atomic mass is 10.2. The van der Waals surface area contributed by atoms with E-state index in [1.165, 1.54) is 0 Å².